The molecule has 6 heteroatoms. The van der Waals surface area contributed by atoms with Crippen LogP contribution in [0.15, 0.2) is 12.1 Å². The Morgan fingerprint density at radius 1 is 1.41 bits per heavy atom. The number of aromatic nitrogens is 2. The van der Waals surface area contributed by atoms with Crippen molar-refractivity contribution in [1.82, 2.24) is 10.2 Å². The highest BCUT2D eigenvalue weighted by Crippen LogP contribution is 2.26. The normalized spacial score (nSPS) is 11.2. The van der Waals surface area contributed by atoms with Crippen LogP contribution in [0, 0.1) is 5.41 Å². The zero-order valence-corrected chi connectivity index (χ0v) is 10.7. The number of carbonyl (C=O) groups is 1. The van der Waals surface area contributed by atoms with E-state index in [1.165, 1.54) is 0 Å². The second-order valence-corrected chi connectivity index (χ2v) is 4.27. The largest absolute Gasteiger partial charge is 0.481 e. The van der Waals surface area contributed by atoms with Crippen molar-refractivity contribution in [2.75, 3.05) is 11.9 Å². The van der Waals surface area contributed by atoms with Crippen LogP contribution < -0.4 is 5.32 Å². The minimum absolute atomic E-state index is 0.311. The van der Waals surface area contributed by atoms with E-state index in [2.05, 4.69) is 15.5 Å². The van der Waals surface area contributed by atoms with Gasteiger partial charge in [-0.05, 0) is 25.0 Å². The predicted octanol–water partition coefficient (Wildman–Crippen LogP) is 2.43. The second-order valence-electron chi connectivity index (χ2n) is 3.89. The van der Waals surface area contributed by atoms with Gasteiger partial charge in [0, 0.05) is 6.54 Å². The smallest absolute Gasteiger partial charge is 0.311 e. The monoisotopic (exact) mass is 257 g/mol. The van der Waals surface area contributed by atoms with Crippen LogP contribution in [0.1, 0.15) is 26.7 Å². The molecule has 0 fully saturated rings. The van der Waals surface area contributed by atoms with E-state index in [1.807, 2.05) is 13.8 Å². The first-order valence-corrected chi connectivity index (χ1v) is 5.88. The number of halogens is 1. The van der Waals surface area contributed by atoms with Gasteiger partial charge in [-0.1, -0.05) is 25.4 Å². The maximum absolute atomic E-state index is 11.3. The van der Waals surface area contributed by atoms with Gasteiger partial charge in [0.1, 0.15) is 5.82 Å². The number of nitrogens with one attached hydrogen (secondary N) is 1. The summed E-state index contributed by atoms with van der Waals surface area (Å²) in [4.78, 5) is 11.3. The van der Waals surface area contributed by atoms with Crippen LogP contribution in [0.4, 0.5) is 5.82 Å². The van der Waals surface area contributed by atoms with Crippen molar-refractivity contribution in [3.05, 3.63) is 17.3 Å². The fourth-order valence-electron chi connectivity index (χ4n) is 1.55. The Morgan fingerprint density at radius 3 is 2.47 bits per heavy atom. The van der Waals surface area contributed by atoms with Crippen LogP contribution >= 0.6 is 11.6 Å². The second kappa shape index (κ2) is 5.82. The molecule has 0 aliphatic rings. The fraction of sp³-hybridized carbons (Fsp3) is 0.545. The molecule has 1 rings (SSSR count). The Morgan fingerprint density at radius 2 is 2.06 bits per heavy atom. The van der Waals surface area contributed by atoms with Gasteiger partial charge in [-0.3, -0.25) is 4.79 Å². The van der Waals surface area contributed by atoms with E-state index in [0.717, 1.165) is 0 Å². The van der Waals surface area contributed by atoms with Gasteiger partial charge in [-0.25, -0.2) is 0 Å². The zero-order valence-electron chi connectivity index (χ0n) is 9.90. The number of hydrogen-bond acceptors (Lipinski definition) is 4. The van der Waals surface area contributed by atoms with Crippen LogP contribution in [0.5, 0.6) is 0 Å². The lowest BCUT2D eigenvalue weighted by Crippen LogP contribution is -2.37. The number of aliphatic carboxylic acids is 1. The Bertz CT molecular complexity index is 377. The van der Waals surface area contributed by atoms with E-state index in [-0.39, 0.29) is 0 Å². The average molecular weight is 258 g/mol. The third-order valence-corrected chi connectivity index (χ3v) is 3.25. The molecule has 5 nitrogen and oxygen atoms in total. The lowest BCUT2D eigenvalue weighted by atomic mass is 9.82. The highest BCUT2D eigenvalue weighted by atomic mass is 35.5. The topological polar surface area (TPSA) is 75.1 Å². The van der Waals surface area contributed by atoms with Gasteiger partial charge < -0.3 is 10.4 Å². The molecular formula is C11H16ClN3O2. The number of hydrogen-bond donors (Lipinski definition) is 2. The molecule has 94 valence electrons. The Labute approximate surface area is 105 Å². The number of carboxylic acid groups (broad SMARTS) is 1. The van der Waals surface area contributed by atoms with Crippen LogP contribution in [0.25, 0.3) is 0 Å². The Balaban J connectivity index is 2.70. The molecule has 0 radical (unpaired) electrons. The standard InChI is InChI=1S/C11H16ClN3O2/c1-3-11(4-2,10(16)17)7-13-9-6-5-8(12)14-15-9/h5-6H,3-4,7H2,1-2H3,(H,13,15)(H,16,17). The van der Waals surface area contributed by atoms with Gasteiger partial charge >= 0.3 is 5.97 Å². The predicted molar refractivity (Wildman–Crippen MR) is 66.2 cm³/mol. The summed E-state index contributed by atoms with van der Waals surface area (Å²) in [5.41, 5.74) is -0.763. The molecule has 0 amide bonds. The molecule has 1 heterocycles. The van der Waals surface area contributed by atoms with Gasteiger partial charge in [0.15, 0.2) is 5.15 Å². The van der Waals surface area contributed by atoms with Crippen molar-refractivity contribution in [2.24, 2.45) is 5.41 Å². The van der Waals surface area contributed by atoms with Gasteiger partial charge in [0.2, 0.25) is 0 Å². The van der Waals surface area contributed by atoms with Crippen LogP contribution in [0.2, 0.25) is 5.15 Å². The van der Waals surface area contributed by atoms with E-state index in [0.29, 0.717) is 30.4 Å². The number of nitrogens with zero attached hydrogens (tertiary/aromatic N) is 2. The highest BCUT2D eigenvalue weighted by molar-refractivity contribution is 6.29. The fourth-order valence-corrected chi connectivity index (χ4v) is 1.65. The third-order valence-electron chi connectivity index (χ3n) is 3.05. The van der Waals surface area contributed by atoms with Crippen molar-refractivity contribution in [2.45, 2.75) is 26.7 Å². The summed E-state index contributed by atoms with van der Waals surface area (Å²) in [6, 6.07) is 3.28. The molecule has 0 bridgehead atoms. The van der Waals surface area contributed by atoms with Gasteiger partial charge in [0.05, 0.1) is 5.41 Å². The molecule has 17 heavy (non-hydrogen) atoms. The molecule has 0 atom stereocenters. The third kappa shape index (κ3) is 3.30. The van der Waals surface area contributed by atoms with Gasteiger partial charge in [-0.2, -0.15) is 0 Å². The van der Waals surface area contributed by atoms with Crippen LogP contribution in [-0.4, -0.2) is 27.8 Å². The summed E-state index contributed by atoms with van der Waals surface area (Å²) in [6.45, 7) is 4.06. The molecule has 0 unspecified atom stereocenters. The van der Waals surface area contributed by atoms with E-state index in [9.17, 15) is 9.90 Å². The SMILES string of the molecule is CCC(CC)(CNc1ccc(Cl)nn1)C(=O)O. The molecule has 0 aliphatic heterocycles. The lowest BCUT2D eigenvalue weighted by molar-refractivity contribution is -0.148. The minimum Gasteiger partial charge on any atom is -0.481 e. The van der Waals surface area contributed by atoms with Crippen LogP contribution in [0.3, 0.4) is 0 Å². The quantitative estimate of drug-likeness (QED) is 0.819. The summed E-state index contributed by atoms with van der Waals surface area (Å²) in [6.07, 6.45) is 1.12. The van der Waals surface area contributed by atoms with Crippen molar-refractivity contribution in [1.29, 1.82) is 0 Å². The first-order valence-electron chi connectivity index (χ1n) is 5.50. The number of carboxylic acids is 1. The maximum atomic E-state index is 11.3. The molecule has 0 saturated heterocycles. The molecule has 1 aromatic rings. The van der Waals surface area contributed by atoms with Gasteiger partial charge in [-0.15, -0.1) is 10.2 Å². The molecular weight excluding hydrogens is 242 g/mol. The molecule has 2 N–H and O–H groups in total. The van der Waals surface area contributed by atoms with Crippen molar-refractivity contribution >= 4 is 23.4 Å². The van der Waals surface area contributed by atoms with E-state index in [4.69, 9.17) is 11.6 Å². The summed E-state index contributed by atoms with van der Waals surface area (Å²) in [5, 5.41) is 20.0. The maximum Gasteiger partial charge on any atom is 0.311 e. The van der Waals surface area contributed by atoms with Crippen molar-refractivity contribution in [3.8, 4) is 0 Å². The number of rotatable bonds is 6. The van der Waals surface area contributed by atoms with E-state index in [1.54, 1.807) is 12.1 Å². The summed E-state index contributed by atoms with van der Waals surface area (Å²) in [5.74, 6) is -0.265. The van der Waals surface area contributed by atoms with Crippen LogP contribution in [-0.2, 0) is 4.79 Å². The Hall–Kier alpha value is -1.36. The zero-order chi connectivity index (χ0) is 12.9. The summed E-state index contributed by atoms with van der Waals surface area (Å²) in [7, 11) is 0. The van der Waals surface area contributed by atoms with E-state index < -0.39 is 11.4 Å². The van der Waals surface area contributed by atoms with Crippen molar-refractivity contribution < 1.29 is 9.90 Å². The highest BCUT2D eigenvalue weighted by Gasteiger charge is 2.34. The van der Waals surface area contributed by atoms with Crippen molar-refractivity contribution in [3.63, 3.8) is 0 Å². The molecule has 0 spiro atoms. The van der Waals surface area contributed by atoms with Gasteiger partial charge in [0.25, 0.3) is 0 Å². The lowest BCUT2D eigenvalue weighted by Gasteiger charge is -2.26. The summed E-state index contributed by atoms with van der Waals surface area (Å²) >= 11 is 5.61. The van der Waals surface area contributed by atoms with E-state index >= 15 is 0 Å². The summed E-state index contributed by atoms with van der Waals surface area (Å²) < 4.78 is 0. The molecule has 0 saturated carbocycles. The average Bonchev–Trinajstić information content (AvgIpc) is 2.33. The molecule has 0 aliphatic carbocycles. The first kappa shape index (κ1) is 13.7. The number of anilines is 1. The molecule has 0 aromatic carbocycles. The molecule has 1 aromatic heterocycles. The Kier molecular flexibility index (Phi) is 4.69. The minimum atomic E-state index is -0.795. The first-order chi connectivity index (χ1) is 8.04.